The van der Waals surface area contributed by atoms with E-state index in [1.807, 2.05) is 0 Å². The fourth-order valence-electron chi connectivity index (χ4n) is 1.92. The second kappa shape index (κ2) is 3.43. The summed E-state index contributed by atoms with van der Waals surface area (Å²) in [4.78, 5) is 10.7. The molecule has 86 valence electrons. The summed E-state index contributed by atoms with van der Waals surface area (Å²) in [7, 11) is 0. The normalized spacial score (nSPS) is 17.1. The zero-order valence-electron chi connectivity index (χ0n) is 8.46. The third kappa shape index (κ3) is 1.73. The van der Waals surface area contributed by atoms with Crippen LogP contribution in [0.3, 0.4) is 0 Å². The molecule has 0 amide bonds. The maximum Gasteiger partial charge on any atom is 0.304 e. The van der Waals surface area contributed by atoms with Gasteiger partial charge in [-0.3, -0.25) is 4.79 Å². The number of aliphatic carboxylic acids is 1. The van der Waals surface area contributed by atoms with Crippen molar-refractivity contribution in [2.75, 3.05) is 5.73 Å². The fraction of sp³-hybridized carbons (Fsp3) is 0.364. The Morgan fingerprint density at radius 1 is 1.44 bits per heavy atom. The number of anilines is 1. The van der Waals surface area contributed by atoms with Crippen molar-refractivity contribution in [1.29, 1.82) is 0 Å². The fourth-order valence-corrected chi connectivity index (χ4v) is 1.92. The van der Waals surface area contributed by atoms with E-state index < -0.39 is 23.0 Å². The third-order valence-electron chi connectivity index (χ3n) is 3.01. The van der Waals surface area contributed by atoms with Crippen LogP contribution in [0.4, 0.5) is 14.5 Å². The molecular formula is C11H11F2NO2. The summed E-state index contributed by atoms with van der Waals surface area (Å²) in [6.07, 6.45) is 1.27. The largest absolute Gasteiger partial charge is 0.481 e. The lowest BCUT2D eigenvalue weighted by molar-refractivity contribution is -0.137. The van der Waals surface area contributed by atoms with Gasteiger partial charge in [-0.15, -0.1) is 0 Å². The molecule has 1 aliphatic carbocycles. The summed E-state index contributed by atoms with van der Waals surface area (Å²) in [5.74, 6) is -3.04. The number of carboxylic acid groups (broad SMARTS) is 1. The zero-order valence-corrected chi connectivity index (χ0v) is 8.46. The molecular weight excluding hydrogens is 216 g/mol. The smallest absolute Gasteiger partial charge is 0.304 e. The Morgan fingerprint density at radius 3 is 2.50 bits per heavy atom. The van der Waals surface area contributed by atoms with Gasteiger partial charge in [0.05, 0.1) is 12.1 Å². The summed E-state index contributed by atoms with van der Waals surface area (Å²) < 4.78 is 26.1. The van der Waals surface area contributed by atoms with Crippen LogP contribution in [-0.2, 0) is 10.2 Å². The van der Waals surface area contributed by atoms with Crippen molar-refractivity contribution in [3.63, 3.8) is 0 Å². The number of benzene rings is 1. The predicted molar refractivity (Wildman–Crippen MR) is 53.9 cm³/mol. The molecule has 0 unspecified atom stereocenters. The SMILES string of the molecule is Nc1cc(C2(CC(=O)O)CC2)cc(F)c1F. The number of nitrogens with two attached hydrogens (primary N) is 1. The summed E-state index contributed by atoms with van der Waals surface area (Å²) in [6.45, 7) is 0. The molecule has 0 atom stereocenters. The third-order valence-corrected chi connectivity index (χ3v) is 3.01. The van der Waals surface area contributed by atoms with Gasteiger partial charge in [-0.05, 0) is 30.5 Å². The van der Waals surface area contributed by atoms with Crippen molar-refractivity contribution in [1.82, 2.24) is 0 Å². The first-order valence-corrected chi connectivity index (χ1v) is 4.91. The first-order valence-electron chi connectivity index (χ1n) is 4.91. The summed E-state index contributed by atoms with van der Waals surface area (Å²) in [5, 5.41) is 8.74. The Balaban J connectivity index is 2.38. The van der Waals surface area contributed by atoms with Gasteiger partial charge in [0.25, 0.3) is 0 Å². The number of carbonyl (C=O) groups is 1. The van der Waals surface area contributed by atoms with E-state index in [0.29, 0.717) is 18.4 Å². The van der Waals surface area contributed by atoms with E-state index in [1.165, 1.54) is 6.07 Å². The van der Waals surface area contributed by atoms with Crippen LogP contribution >= 0.6 is 0 Å². The number of halogens is 2. The Morgan fingerprint density at radius 2 is 2.06 bits per heavy atom. The van der Waals surface area contributed by atoms with Gasteiger partial charge in [0.1, 0.15) is 0 Å². The number of rotatable bonds is 3. The molecule has 0 aliphatic heterocycles. The Kier molecular flexibility index (Phi) is 2.33. The van der Waals surface area contributed by atoms with E-state index in [1.54, 1.807) is 0 Å². The van der Waals surface area contributed by atoms with Crippen molar-refractivity contribution < 1.29 is 18.7 Å². The molecule has 0 heterocycles. The van der Waals surface area contributed by atoms with Crippen LogP contribution in [0.2, 0.25) is 0 Å². The van der Waals surface area contributed by atoms with Crippen LogP contribution in [-0.4, -0.2) is 11.1 Å². The molecule has 0 spiro atoms. The van der Waals surface area contributed by atoms with E-state index in [0.717, 1.165) is 6.07 Å². The van der Waals surface area contributed by atoms with Crippen LogP contribution in [0.5, 0.6) is 0 Å². The van der Waals surface area contributed by atoms with Gasteiger partial charge in [0.15, 0.2) is 11.6 Å². The second-order valence-corrected chi connectivity index (χ2v) is 4.21. The molecule has 2 rings (SSSR count). The van der Waals surface area contributed by atoms with Gasteiger partial charge in [0.2, 0.25) is 0 Å². The second-order valence-electron chi connectivity index (χ2n) is 4.21. The maximum atomic E-state index is 13.1. The van der Waals surface area contributed by atoms with E-state index in [2.05, 4.69) is 0 Å². The molecule has 5 heteroatoms. The number of hydrogen-bond donors (Lipinski definition) is 2. The van der Waals surface area contributed by atoms with Gasteiger partial charge >= 0.3 is 5.97 Å². The first-order chi connectivity index (χ1) is 7.44. The van der Waals surface area contributed by atoms with E-state index in [4.69, 9.17) is 10.8 Å². The minimum atomic E-state index is -1.07. The summed E-state index contributed by atoms with van der Waals surface area (Å²) >= 11 is 0. The van der Waals surface area contributed by atoms with E-state index in [-0.39, 0.29) is 12.1 Å². The zero-order chi connectivity index (χ0) is 11.9. The molecule has 0 saturated heterocycles. The average molecular weight is 227 g/mol. The van der Waals surface area contributed by atoms with Crippen molar-refractivity contribution in [2.24, 2.45) is 0 Å². The van der Waals surface area contributed by atoms with Gasteiger partial charge in [0, 0.05) is 5.41 Å². The minimum Gasteiger partial charge on any atom is -0.481 e. The van der Waals surface area contributed by atoms with Crippen molar-refractivity contribution >= 4 is 11.7 Å². The average Bonchev–Trinajstić information content (AvgIpc) is 2.93. The highest BCUT2D eigenvalue weighted by Gasteiger charge is 2.46. The molecule has 3 N–H and O–H groups in total. The molecule has 3 nitrogen and oxygen atoms in total. The molecule has 1 aromatic carbocycles. The Bertz CT molecular complexity index is 432. The van der Waals surface area contributed by atoms with Crippen molar-refractivity contribution in [2.45, 2.75) is 24.7 Å². The number of carboxylic acids is 1. The lowest BCUT2D eigenvalue weighted by Crippen LogP contribution is -2.14. The topological polar surface area (TPSA) is 63.3 Å². The lowest BCUT2D eigenvalue weighted by atomic mass is 9.92. The molecule has 1 aliphatic rings. The highest BCUT2D eigenvalue weighted by molar-refractivity contribution is 5.70. The first kappa shape index (κ1) is 10.9. The molecule has 0 bridgehead atoms. The van der Waals surface area contributed by atoms with Gasteiger partial charge in [-0.2, -0.15) is 0 Å². The van der Waals surface area contributed by atoms with Crippen LogP contribution in [0, 0.1) is 11.6 Å². The van der Waals surface area contributed by atoms with Crippen LogP contribution in [0.25, 0.3) is 0 Å². The quantitative estimate of drug-likeness (QED) is 0.777. The number of nitrogen functional groups attached to an aromatic ring is 1. The summed E-state index contributed by atoms with van der Waals surface area (Å²) in [6, 6.07) is 2.37. The number of hydrogen-bond acceptors (Lipinski definition) is 2. The Hall–Kier alpha value is -1.65. The molecule has 0 aromatic heterocycles. The van der Waals surface area contributed by atoms with E-state index in [9.17, 15) is 13.6 Å². The Labute approximate surface area is 90.9 Å². The molecule has 16 heavy (non-hydrogen) atoms. The van der Waals surface area contributed by atoms with Gasteiger partial charge in [-0.1, -0.05) is 0 Å². The van der Waals surface area contributed by atoms with Crippen LogP contribution < -0.4 is 5.73 Å². The van der Waals surface area contributed by atoms with Crippen LogP contribution in [0.15, 0.2) is 12.1 Å². The molecule has 1 saturated carbocycles. The molecule has 0 radical (unpaired) electrons. The minimum absolute atomic E-state index is 0.0719. The van der Waals surface area contributed by atoms with Crippen molar-refractivity contribution in [3.05, 3.63) is 29.3 Å². The standard InChI is InChI=1S/C11H11F2NO2/c12-7-3-6(4-8(14)10(7)13)11(1-2-11)5-9(15)16/h3-4H,1-2,5,14H2,(H,15,16). The van der Waals surface area contributed by atoms with E-state index >= 15 is 0 Å². The maximum absolute atomic E-state index is 13.1. The lowest BCUT2D eigenvalue weighted by Gasteiger charge is -2.14. The van der Waals surface area contributed by atoms with Crippen LogP contribution in [0.1, 0.15) is 24.8 Å². The highest BCUT2D eigenvalue weighted by atomic mass is 19.2. The van der Waals surface area contributed by atoms with Gasteiger partial charge in [-0.25, -0.2) is 8.78 Å². The summed E-state index contributed by atoms with van der Waals surface area (Å²) in [5.41, 5.74) is 4.97. The molecule has 1 fully saturated rings. The monoisotopic (exact) mass is 227 g/mol. The van der Waals surface area contributed by atoms with Gasteiger partial charge < -0.3 is 10.8 Å². The highest BCUT2D eigenvalue weighted by Crippen LogP contribution is 2.51. The van der Waals surface area contributed by atoms with Crippen molar-refractivity contribution in [3.8, 4) is 0 Å². The predicted octanol–water partition coefficient (Wildman–Crippen LogP) is 2.05. The molecule has 1 aromatic rings.